The van der Waals surface area contributed by atoms with Crippen molar-refractivity contribution in [2.45, 2.75) is 20.1 Å². The number of fused-ring (bicyclic) bond motifs is 1. The standard InChI is InChI=1S/C27H25FNO9P/c1-3-14-36-23-13-12-22(28)24-25(23)29(15-21(26(24)30)17-4-8-19(35-2)9-5-17)16-37-27(31)18-6-10-20(11-7-18)38-39(32,33)34/h4-13,15H,3,14,16H2,1-2H3,(H2,32,33,34)/p-2. The fourth-order valence-corrected chi connectivity index (χ4v) is 4.24. The van der Waals surface area contributed by atoms with Crippen LogP contribution in [-0.2, 0) is 16.0 Å². The van der Waals surface area contributed by atoms with Gasteiger partial charge in [-0.15, -0.1) is 0 Å². The Balaban J connectivity index is 1.74. The van der Waals surface area contributed by atoms with E-state index in [1.165, 1.54) is 36.1 Å². The van der Waals surface area contributed by atoms with E-state index < -0.39 is 31.8 Å². The number of aromatic nitrogens is 1. The normalized spacial score (nSPS) is 11.3. The van der Waals surface area contributed by atoms with Gasteiger partial charge in [0.2, 0.25) is 0 Å². The number of halogens is 1. The van der Waals surface area contributed by atoms with Gasteiger partial charge in [0, 0.05) is 11.8 Å². The Bertz CT molecular complexity index is 1600. The number of benzene rings is 3. The number of ether oxygens (including phenoxy) is 3. The van der Waals surface area contributed by atoms with Crippen LogP contribution in [0.15, 0.2) is 71.7 Å². The molecule has 204 valence electrons. The van der Waals surface area contributed by atoms with Gasteiger partial charge in [-0.1, -0.05) is 19.1 Å². The van der Waals surface area contributed by atoms with Crippen LogP contribution in [0.4, 0.5) is 4.39 Å². The summed E-state index contributed by atoms with van der Waals surface area (Å²) in [6.07, 6.45) is 2.12. The second-order valence-corrected chi connectivity index (χ2v) is 9.39. The van der Waals surface area contributed by atoms with Crippen molar-refractivity contribution in [2.24, 2.45) is 0 Å². The van der Waals surface area contributed by atoms with Crippen molar-refractivity contribution in [3.05, 3.63) is 88.5 Å². The van der Waals surface area contributed by atoms with Gasteiger partial charge >= 0.3 is 5.97 Å². The molecule has 10 nitrogen and oxygen atoms in total. The Morgan fingerprint density at radius 3 is 2.28 bits per heavy atom. The molecule has 4 aromatic rings. The molecule has 0 spiro atoms. The van der Waals surface area contributed by atoms with E-state index in [1.807, 2.05) is 6.92 Å². The van der Waals surface area contributed by atoms with Crippen molar-refractivity contribution in [3.63, 3.8) is 0 Å². The van der Waals surface area contributed by atoms with E-state index in [4.69, 9.17) is 14.2 Å². The fourth-order valence-electron chi connectivity index (χ4n) is 3.86. The molecule has 0 amide bonds. The first-order chi connectivity index (χ1) is 18.6. The van der Waals surface area contributed by atoms with Crippen molar-refractivity contribution in [2.75, 3.05) is 13.7 Å². The summed E-state index contributed by atoms with van der Waals surface area (Å²) in [6, 6.07) is 13.9. The van der Waals surface area contributed by atoms with E-state index in [9.17, 15) is 23.9 Å². The molecule has 4 rings (SSSR count). The molecule has 0 aliphatic heterocycles. The van der Waals surface area contributed by atoms with Crippen molar-refractivity contribution in [1.82, 2.24) is 4.57 Å². The summed E-state index contributed by atoms with van der Waals surface area (Å²) < 4.78 is 47.9. The number of esters is 1. The topological polar surface area (TPSA) is 139 Å². The zero-order valence-corrected chi connectivity index (χ0v) is 21.8. The molecular weight excluding hydrogens is 532 g/mol. The van der Waals surface area contributed by atoms with Crippen LogP contribution in [0.5, 0.6) is 17.2 Å². The summed E-state index contributed by atoms with van der Waals surface area (Å²) in [7, 11) is -3.75. The van der Waals surface area contributed by atoms with Crippen molar-refractivity contribution >= 4 is 24.7 Å². The third-order valence-corrected chi connectivity index (χ3v) is 6.07. The number of methoxy groups -OCH3 is 1. The smallest absolute Gasteiger partial charge is 0.339 e. The predicted octanol–water partition coefficient (Wildman–Crippen LogP) is 3.63. The molecule has 0 saturated carbocycles. The van der Waals surface area contributed by atoms with E-state index in [0.717, 1.165) is 18.2 Å². The van der Waals surface area contributed by atoms with Gasteiger partial charge in [0.25, 0.3) is 0 Å². The Morgan fingerprint density at radius 1 is 1.00 bits per heavy atom. The lowest BCUT2D eigenvalue weighted by atomic mass is 10.0. The lowest BCUT2D eigenvalue weighted by Crippen LogP contribution is -2.18. The minimum Gasteiger partial charge on any atom is -0.780 e. The second kappa shape index (κ2) is 11.7. The molecule has 0 aliphatic rings. The molecule has 0 aliphatic carbocycles. The Hall–Kier alpha value is -4.18. The number of hydrogen-bond donors (Lipinski definition) is 0. The first-order valence-electron chi connectivity index (χ1n) is 11.7. The van der Waals surface area contributed by atoms with Crippen LogP contribution in [-0.4, -0.2) is 24.3 Å². The summed E-state index contributed by atoms with van der Waals surface area (Å²) in [4.78, 5) is 47.7. The average molecular weight is 555 g/mol. The summed E-state index contributed by atoms with van der Waals surface area (Å²) in [6.45, 7) is 1.79. The molecule has 0 bridgehead atoms. The Morgan fingerprint density at radius 2 is 1.67 bits per heavy atom. The molecule has 0 fully saturated rings. The molecule has 0 radical (unpaired) electrons. The highest BCUT2D eigenvalue weighted by Crippen LogP contribution is 2.31. The van der Waals surface area contributed by atoms with Crippen molar-refractivity contribution < 1.29 is 42.3 Å². The van der Waals surface area contributed by atoms with Crippen LogP contribution in [0.2, 0.25) is 0 Å². The summed E-state index contributed by atoms with van der Waals surface area (Å²) >= 11 is 0. The monoisotopic (exact) mass is 555 g/mol. The van der Waals surface area contributed by atoms with Crippen molar-refractivity contribution in [3.8, 4) is 28.4 Å². The van der Waals surface area contributed by atoms with Gasteiger partial charge in [-0.3, -0.25) is 4.79 Å². The maximum Gasteiger partial charge on any atom is 0.339 e. The van der Waals surface area contributed by atoms with E-state index >= 15 is 4.39 Å². The van der Waals surface area contributed by atoms with Crippen LogP contribution in [0.1, 0.15) is 23.7 Å². The molecule has 1 heterocycles. The van der Waals surface area contributed by atoms with Crippen LogP contribution >= 0.6 is 7.82 Å². The predicted molar refractivity (Wildman–Crippen MR) is 136 cm³/mol. The van der Waals surface area contributed by atoms with E-state index in [2.05, 4.69) is 4.52 Å². The second-order valence-electron chi connectivity index (χ2n) is 8.31. The number of phosphoric acid groups is 1. The molecule has 39 heavy (non-hydrogen) atoms. The molecule has 0 N–H and O–H groups in total. The summed E-state index contributed by atoms with van der Waals surface area (Å²) in [5.41, 5.74) is 0.231. The maximum atomic E-state index is 15.1. The highest BCUT2D eigenvalue weighted by Gasteiger charge is 2.19. The minimum atomic E-state index is -5.25. The lowest BCUT2D eigenvalue weighted by Gasteiger charge is -2.28. The van der Waals surface area contributed by atoms with Crippen LogP contribution in [0, 0.1) is 5.82 Å². The molecule has 1 aromatic heterocycles. The quantitative estimate of drug-likeness (QED) is 0.212. The summed E-state index contributed by atoms with van der Waals surface area (Å²) in [5.74, 6) is -1.02. The zero-order chi connectivity index (χ0) is 28.2. The Labute approximate surface area is 222 Å². The number of carbonyl (C=O) groups is 1. The number of carbonyl (C=O) groups excluding carboxylic acids is 1. The minimum absolute atomic E-state index is 0.0309. The van der Waals surface area contributed by atoms with E-state index in [1.54, 1.807) is 24.3 Å². The molecular formula is C27H23FNO9P-2. The highest BCUT2D eigenvalue weighted by atomic mass is 31.2. The highest BCUT2D eigenvalue weighted by molar-refractivity contribution is 7.43. The molecule has 12 heteroatoms. The van der Waals surface area contributed by atoms with Crippen molar-refractivity contribution in [1.29, 1.82) is 0 Å². The van der Waals surface area contributed by atoms with Gasteiger partial charge in [-0.05, 0) is 60.5 Å². The van der Waals surface area contributed by atoms with Gasteiger partial charge in [0.15, 0.2) is 12.2 Å². The number of phosphoric ester groups is 1. The molecule has 3 aromatic carbocycles. The largest absolute Gasteiger partial charge is 0.780 e. The van der Waals surface area contributed by atoms with Gasteiger partial charge in [-0.2, -0.15) is 0 Å². The number of hydrogen-bond acceptors (Lipinski definition) is 9. The van der Waals surface area contributed by atoms with Crippen LogP contribution in [0.25, 0.3) is 22.0 Å². The van der Waals surface area contributed by atoms with E-state index in [0.29, 0.717) is 24.3 Å². The third-order valence-electron chi connectivity index (χ3n) is 5.64. The Kier molecular flexibility index (Phi) is 8.35. The molecule has 0 atom stereocenters. The molecule has 0 saturated heterocycles. The van der Waals surface area contributed by atoms with Crippen LogP contribution in [0.3, 0.4) is 0 Å². The van der Waals surface area contributed by atoms with Gasteiger partial charge in [0.1, 0.15) is 36.4 Å². The first-order valence-corrected chi connectivity index (χ1v) is 13.2. The van der Waals surface area contributed by atoms with Gasteiger partial charge in [-0.25, -0.2) is 9.18 Å². The average Bonchev–Trinajstić information content (AvgIpc) is 2.91. The fraction of sp³-hybridized carbons (Fsp3) is 0.185. The lowest BCUT2D eigenvalue weighted by molar-refractivity contribution is -0.333. The third kappa shape index (κ3) is 6.46. The maximum absolute atomic E-state index is 15.1. The zero-order valence-electron chi connectivity index (χ0n) is 20.9. The number of rotatable bonds is 10. The van der Waals surface area contributed by atoms with Gasteiger partial charge < -0.3 is 37.7 Å². The number of pyridine rings is 1. The first kappa shape index (κ1) is 27.8. The number of nitrogens with zero attached hydrogens (tertiary/aromatic N) is 1. The van der Waals surface area contributed by atoms with Gasteiger partial charge in [0.05, 0.1) is 24.7 Å². The SMILES string of the molecule is CCCOc1ccc(F)c2c(=O)c(-c3ccc(OC)cc3)cn(COC(=O)c3ccc(OP(=O)([O-])[O-])cc3)c12. The summed E-state index contributed by atoms with van der Waals surface area (Å²) in [5, 5.41) is -0.228. The van der Waals surface area contributed by atoms with E-state index in [-0.39, 0.29) is 33.5 Å². The molecule has 0 unspecified atom stereocenters. The van der Waals surface area contributed by atoms with Crippen LogP contribution < -0.4 is 29.2 Å².